The third-order valence-corrected chi connectivity index (χ3v) is 3.06. The zero-order valence-electron chi connectivity index (χ0n) is 9.60. The summed E-state index contributed by atoms with van der Waals surface area (Å²) >= 11 is 0. The summed E-state index contributed by atoms with van der Waals surface area (Å²) in [6.45, 7) is 11.0. The minimum absolute atomic E-state index is 0.775. The second kappa shape index (κ2) is 7.24. The van der Waals surface area contributed by atoms with Crippen molar-refractivity contribution in [1.29, 1.82) is 0 Å². The molecule has 1 fully saturated rings. The lowest BCUT2D eigenvalue weighted by atomic mass is 10.0. The predicted octanol–water partition coefficient (Wildman–Crippen LogP) is 2.06. The number of unbranched alkanes of at least 4 members (excludes halogenated alkanes) is 2. The summed E-state index contributed by atoms with van der Waals surface area (Å²) in [4.78, 5) is 2.61. The van der Waals surface area contributed by atoms with Crippen LogP contribution < -0.4 is 5.32 Å². The smallest absolute Gasteiger partial charge is 0.0221 e. The highest BCUT2D eigenvalue weighted by Crippen LogP contribution is 2.12. The Bertz CT molecular complexity index is 134. The van der Waals surface area contributed by atoms with Crippen molar-refractivity contribution >= 4 is 0 Å². The van der Waals surface area contributed by atoms with Crippen molar-refractivity contribution in [3.8, 4) is 0 Å². The molecule has 0 aromatic carbocycles. The molecule has 0 spiro atoms. The summed E-state index contributed by atoms with van der Waals surface area (Å²) < 4.78 is 0. The van der Waals surface area contributed by atoms with Gasteiger partial charge < -0.3 is 5.32 Å². The highest BCUT2D eigenvalue weighted by Gasteiger charge is 2.20. The van der Waals surface area contributed by atoms with Crippen molar-refractivity contribution in [2.75, 3.05) is 26.2 Å². The first-order valence-corrected chi connectivity index (χ1v) is 6.12. The molecular weight excluding hydrogens is 172 g/mol. The molecular formula is C12H25N2. The standard InChI is InChI=1S/C12H25N2/c1-3-5-6-7-12-11-13-8-10-14(12)9-4-2/h12-13H,2-11H2,1H3. The molecule has 2 heteroatoms. The molecule has 0 bridgehead atoms. The molecule has 0 aromatic rings. The van der Waals surface area contributed by atoms with E-state index in [4.69, 9.17) is 0 Å². The highest BCUT2D eigenvalue weighted by molar-refractivity contribution is 4.79. The van der Waals surface area contributed by atoms with Gasteiger partial charge in [-0.2, -0.15) is 0 Å². The van der Waals surface area contributed by atoms with E-state index >= 15 is 0 Å². The van der Waals surface area contributed by atoms with Gasteiger partial charge >= 0.3 is 0 Å². The van der Waals surface area contributed by atoms with E-state index in [0.717, 1.165) is 19.0 Å². The molecule has 1 radical (unpaired) electrons. The van der Waals surface area contributed by atoms with Crippen LogP contribution in [0.5, 0.6) is 0 Å². The first-order valence-electron chi connectivity index (χ1n) is 6.12. The summed E-state index contributed by atoms with van der Waals surface area (Å²) in [5, 5.41) is 3.49. The lowest BCUT2D eigenvalue weighted by Crippen LogP contribution is -2.51. The van der Waals surface area contributed by atoms with Gasteiger partial charge in [-0.05, 0) is 19.4 Å². The van der Waals surface area contributed by atoms with Gasteiger partial charge in [0, 0.05) is 25.7 Å². The molecule has 1 aliphatic heterocycles. The van der Waals surface area contributed by atoms with Crippen LogP contribution in [0.25, 0.3) is 0 Å². The van der Waals surface area contributed by atoms with Gasteiger partial charge in [-0.25, -0.2) is 0 Å². The first kappa shape index (κ1) is 12.0. The normalized spacial score (nSPS) is 24.0. The van der Waals surface area contributed by atoms with Gasteiger partial charge in [0.15, 0.2) is 0 Å². The SMILES string of the molecule is [CH2]CCN1CCNCC1CCCCC. The van der Waals surface area contributed by atoms with Crippen LogP contribution in [-0.4, -0.2) is 37.1 Å². The minimum Gasteiger partial charge on any atom is -0.314 e. The summed E-state index contributed by atoms with van der Waals surface area (Å²) in [5.74, 6) is 0. The second-order valence-corrected chi connectivity index (χ2v) is 4.24. The van der Waals surface area contributed by atoms with Crippen LogP contribution in [-0.2, 0) is 0 Å². The van der Waals surface area contributed by atoms with Crippen LogP contribution in [0.15, 0.2) is 0 Å². The Hall–Kier alpha value is -0.0800. The van der Waals surface area contributed by atoms with Crippen LogP contribution in [0, 0.1) is 6.92 Å². The Morgan fingerprint density at radius 3 is 3.00 bits per heavy atom. The maximum Gasteiger partial charge on any atom is 0.0221 e. The van der Waals surface area contributed by atoms with Gasteiger partial charge in [-0.3, -0.25) is 4.90 Å². The van der Waals surface area contributed by atoms with Crippen LogP contribution in [0.2, 0.25) is 0 Å². The van der Waals surface area contributed by atoms with Crippen molar-refractivity contribution < 1.29 is 0 Å². The average Bonchev–Trinajstić information content (AvgIpc) is 2.21. The van der Waals surface area contributed by atoms with Gasteiger partial charge in [0.05, 0.1) is 0 Å². The lowest BCUT2D eigenvalue weighted by molar-refractivity contribution is 0.153. The van der Waals surface area contributed by atoms with Crippen LogP contribution in [0.1, 0.15) is 39.0 Å². The zero-order chi connectivity index (χ0) is 10.2. The lowest BCUT2D eigenvalue weighted by Gasteiger charge is -2.36. The minimum atomic E-state index is 0.775. The fraction of sp³-hybridized carbons (Fsp3) is 0.917. The van der Waals surface area contributed by atoms with Gasteiger partial charge in [-0.15, -0.1) is 0 Å². The molecule has 14 heavy (non-hydrogen) atoms. The van der Waals surface area contributed by atoms with Crippen LogP contribution in [0.4, 0.5) is 0 Å². The van der Waals surface area contributed by atoms with Crippen molar-refractivity contribution in [2.24, 2.45) is 0 Å². The van der Waals surface area contributed by atoms with E-state index in [1.807, 2.05) is 0 Å². The quantitative estimate of drug-likeness (QED) is 0.656. The fourth-order valence-corrected chi connectivity index (χ4v) is 2.22. The number of nitrogens with zero attached hydrogens (tertiary/aromatic N) is 1. The monoisotopic (exact) mass is 197 g/mol. The van der Waals surface area contributed by atoms with E-state index in [-0.39, 0.29) is 0 Å². The Morgan fingerprint density at radius 1 is 1.43 bits per heavy atom. The average molecular weight is 197 g/mol. The van der Waals surface area contributed by atoms with E-state index in [0.29, 0.717) is 0 Å². The molecule has 0 saturated carbocycles. The van der Waals surface area contributed by atoms with E-state index in [9.17, 15) is 0 Å². The molecule has 2 nitrogen and oxygen atoms in total. The van der Waals surface area contributed by atoms with Crippen molar-refractivity contribution in [3.05, 3.63) is 6.92 Å². The van der Waals surface area contributed by atoms with Crippen LogP contribution in [0.3, 0.4) is 0 Å². The molecule has 1 aliphatic rings. The zero-order valence-corrected chi connectivity index (χ0v) is 9.60. The van der Waals surface area contributed by atoms with E-state index < -0.39 is 0 Å². The third kappa shape index (κ3) is 3.97. The molecule has 1 unspecified atom stereocenters. The maximum atomic E-state index is 3.95. The highest BCUT2D eigenvalue weighted by atomic mass is 15.2. The summed E-state index contributed by atoms with van der Waals surface area (Å²) in [6.07, 6.45) is 6.51. The molecule has 0 amide bonds. The predicted molar refractivity (Wildman–Crippen MR) is 62.3 cm³/mol. The maximum absolute atomic E-state index is 3.95. The number of piperazine rings is 1. The van der Waals surface area contributed by atoms with E-state index in [1.54, 1.807) is 0 Å². The Kier molecular flexibility index (Phi) is 6.20. The number of rotatable bonds is 6. The fourth-order valence-electron chi connectivity index (χ4n) is 2.22. The van der Waals surface area contributed by atoms with Crippen LogP contribution >= 0.6 is 0 Å². The van der Waals surface area contributed by atoms with Gasteiger partial charge in [-0.1, -0.05) is 33.1 Å². The molecule has 1 saturated heterocycles. The van der Waals surface area contributed by atoms with Gasteiger partial charge in [0.25, 0.3) is 0 Å². The van der Waals surface area contributed by atoms with Crippen molar-refractivity contribution in [1.82, 2.24) is 10.2 Å². The summed E-state index contributed by atoms with van der Waals surface area (Å²) in [5.41, 5.74) is 0. The molecule has 1 rings (SSSR count). The third-order valence-electron chi connectivity index (χ3n) is 3.06. The van der Waals surface area contributed by atoms with Gasteiger partial charge in [0.2, 0.25) is 0 Å². The molecule has 1 N–H and O–H groups in total. The number of hydrogen-bond donors (Lipinski definition) is 1. The second-order valence-electron chi connectivity index (χ2n) is 4.24. The topological polar surface area (TPSA) is 15.3 Å². The van der Waals surface area contributed by atoms with Crippen molar-refractivity contribution in [2.45, 2.75) is 45.1 Å². The summed E-state index contributed by atoms with van der Waals surface area (Å²) in [7, 11) is 0. The van der Waals surface area contributed by atoms with E-state index in [2.05, 4.69) is 24.1 Å². The number of nitrogens with one attached hydrogen (secondary N) is 1. The molecule has 0 aromatic heterocycles. The Labute approximate surface area is 89.1 Å². The van der Waals surface area contributed by atoms with E-state index in [1.165, 1.54) is 45.3 Å². The summed E-state index contributed by atoms with van der Waals surface area (Å²) in [6, 6.07) is 0.775. The molecule has 1 heterocycles. The van der Waals surface area contributed by atoms with Gasteiger partial charge in [0.1, 0.15) is 0 Å². The first-order chi connectivity index (χ1) is 6.88. The molecule has 1 atom stereocenters. The molecule has 0 aliphatic carbocycles. The number of hydrogen-bond acceptors (Lipinski definition) is 2. The Balaban J connectivity index is 2.22. The van der Waals surface area contributed by atoms with Crippen molar-refractivity contribution in [3.63, 3.8) is 0 Å². The molecule has 83 valence electrons. The largest absolute Gasteiger partial charge is 0.314 e. The Morgan fingerprint density at radius 2 is 2.29 bits per heavy atom.